The van der Waals surface area contributed by atoms with E-state index in [1.54, 1.807) is 5.10 Å². The Hall–Kier alpha value is -1.46. The highest BCUT2D eigenvalue weighted by atomic mass is 19.1. The zero-order valence-electron chi connectivity index (χ0n) is 5.52. The van der Waals surface area contributed by atoms with Crippen molar-refractivity contribution in [3.63, 3.8) is 0 Å². The molecule has 0 bridgehead atoms. The van der Waals surface area contributed by atoms with Crippen molar-refractivity contribution >= 4 is 5.97 Å². The largest absolute Gasteiger partial charge is 0.465 e. The number of aromatic nitrogens is 2. The van der Waals surface area contributed by atoms with Gasteiger partial charge < -0.3 is 4.74 Å². The zero-order chi connectivity index (χ0) is 8.43. The lowest BCUT2D eigenvalue weighted by Gasteiger charge is -1.92. The molecule has 0 saturated carbocycles. The number of hydrogen-bond donors (Lipinski definition) is 1. The number of nitrogens with one attached hydrogen (secondary N) is 1. The van der Waals surface area contributed by atoms with Crippen LogP contribution in [0.2, 0.25) is 0 Å². The van der Waals surface area contributed by atoms with Crippen molar-refractivity contribution in [1.29, 1.82) is 0 Å². The molecule has 0 atom stereocenters. The van der Waals surface area contributed by atoms with Gasteiger partial charge >= 0.3 is 5.97 Å². The number of methoxy groups -OCH3 is 1. The van der Waals surface area contributed by atoms with Gasteiger partial charge in [0, 0.05) is 0 Å². The zero-order valence-corrected chi connectivity index (χ0v) is 5.52. The molecular formula is C5H4F2N2O2. The maximum Gasteiger partial charge on any atom is 0.347 e. The first-order valence-electron chi connectivity index (χ1n) is 2.64. The second-order valence-electron chi connectivity index (χ2n) is 1.69. The van der Waals surface area contributed by atoms with Crippen LogP contribution in [-0.2, 0) is 4.74 Å². The molecule has 0 aliphatic heterocycles. The molecule has 1 aromatic rings. The van der Waals surface area contributed by atoms with E-state index in [4.69, 9.17) is 0 Å². The maximum absolute atomic E-state index is 12.4. The van der Waals surface area contributed by atoms with Gasteiger partial charge in [0.2, 0.25) is 11.9 Å². The summed E-state index contributed by atoms with van der Waals surface area (Å²) in [6.07, 6.45) is 0. The van der Waals surface area contributed by atoms with Gasteiger partial charge in [-0.1, -0.05) is 0 Å². The molecule has 0 radical (unpaired) electrons. The Morgan fingerprint density at radius 2 is 2.27 bits per heavy atom. The summed E-state index contributed by atoms with van der Waals surface area (Å²) >= 11 is 0. The van der Waals surface area contributed by atoms with E-state index in [1.165, 1.54) is 0 Å². The third-order valence-corrected chi connectivity index (χ3v) is 1.07. The maximum atomic E-state index is 12.4. The smallest absolute Gasteiger partial charge is 0.347 e. The van der Waals surface area contributed by atoms with E-state index in [-0.39, 0.29) is 0 Å². The third-order valence-electron chi connectivity index (χ3n) is 1.07. The second-order valence-corrected chi connectivity index (χ2v) is 1.69. The third kappa shape index (κ3) is 1.19. The lowest BCUT2D eigenvalue weighted by Crippen LogP contribution is -2.04. The quantitative estimate of drug-likeness (QED) is 0.611. The van der Waals surface area contributed by atoms with E-state index in [1.807, 2.05) is 0 Å². The number of rotatable bonds is 1. The van der Waals surface area contributed by atoms with Gasteiger partial charge in [-0.15, -0.1) is 5.10 Å². The number of esters is 1. The first-order valence-corrected chi connectivity index (χ1v) is 2.64. The van der Waals surface area contributed by atoms with Gasteiger partial charge in [-0.05, 0) is 0 Å². The molecule has 0 aliphatic rings. The molecule has 0 unspecified atom stereocenters. The molecule has 0 saturated heterocycles. The number of nitrogens with zero attached hydrogens (tertiary/aromatic N) is 1. The van der Waals surface area contributed by atoms with Crippen molar-refractivity contribution in [3.8, 4) is 0 Å². The van der Waals surface area contributed by atoms with Crippen molar-refractivity contribution in [3.05, 3.63) is 17.5 Å². The molecular weight excluding hydrogens is 158 g/mol. The Kier molecular flexibility index (Phi) is 1.84. The lowest BCUT2D eigenvalue weighted by molar-refractivity contribution is 0.0590. The van der Waals surface area contributed by atoms with Crippen molar-refractivity contribution in [2.24, 2.45) is 0 Å². The number of H-pyrrole nitrogens is 1. The minimum absolute atomic E-state index is 0.799. The number of aromatic amines is 1. The highest BCUT2D eigenvalue weighted by Crippen LogP contribution is 2.08. The molecule has 1 heterocycles. The summed E-state index contributed by atoms with van der Waals surface area (Å²) in [7, 11) is 1.02. The average Bonchev–Trinajstić information content (AvgIpc) is 2.30. The summed E-state index contributed by atoms with van der Waals surface area (Å²) in [5.74, 6) is -3.42. The van der Waals surface area contributed by atoms with E-state index in [0.717, 1.165) is 7.11 Å². The molecule has 6 heteroatoms. The Morgan fingerprint density at radius 1 is 1.64 bits per heavy atom. The summed E-state index contributed by atoms with van der Waals surface area (Å²) in [4.78, 5) is 10.6. The molecule has 0 amide bonds. The number of carbonyl (C=O) groups is 1. The molecule has 1 N–H and O–H groups in total. The number of halogens is 2. The highest BCUT2D eigenvalue weighted by Gasteiger charge is 2.21. The fourth-order valence-corrected chi connectivity index (χ4v) is 0.576. The fourth-order valence-electron chi connectivity index (χ4n) is 0.576. The van der Waals surface area contributed by atoms with Crippen LogP contribution < -0.4 is 0 Å². The predicted molar refractivity (Wildman–Crippen MR) is 29.8 cm³/mol. The van der Waals surface area contributed by atoms with Crippen LogP contribution in [0.5, 0.6) is 0 Å². The number of ether oxygens (including phenoxy) is 1. The molecule has 11 heavy (non-hydrogen) atoms. The summed E-state index contributed by atoms with van der Waals surface area (Å²) in [5, 5.41) is 4.48. The topological polar surface area (TPSA) is 55.0 Å². The van der Waals surface area contributed by atoms with Crippen LogP contribution in [0.15, 0.2) is 0 Å². The molecule has 4 nitrogen and oxygen atoms in total. The minimum atomic E-state index is -1.20. The van der Waals surface area contributed by atoms with Crippen LogP contribution in [0.1, 0.15) is 10.4 Å². The van der Waals surface area contributed by atoms with Crippen LogP contribution in [0.3, 0.4) is 0 Å². The van der Waals surface area contributed by atoms with E-state index in [2.05, 4.69) is 9.84 Å². The first kappa shape index (κ1) is 7.64. The molecule has 1 rings (SSSR count). The lowest BCUT2D eigenvalue weighted by atomic mass is 10.3. The Morgan fingerprint density at radius 3 is 2.64 bits per heavy atom. The Labute approximate surface area is 60.2 Å². The normalized spacial score (nSPS) is 9.73. The van der Waals surface area contributed by atoms with E-state index in [0.29, 0.717) is 0 Å². The van der Waals surface area contributed by atoms with Crippen molar-refractivity contribution in [2.45, 2.75) is 0 Å². The van der Waals surface area contributed by atoms with Crippen LogP contribution in [0, 0.1) is 11.9 Å². The predicted octanol–water partition coefficient (Wildman–Crippen LogP) is 0.474. The molecule has 0 spiro atoms. The molecule has 0 fully saturated rings. The van der Waals surface area contributed by atoms with Gasteiger partial charge in [0.05, 0.1) is 7.11 Å². The van der Waals surface area contributed by atoms with Gasteiger partial charge in [-0.3, -0.25) is 0 Å². The Balaban J connectivity index is 3.10. The van der Waals surface area contributed by atoms with E-state index in [9.17, 15) is 13.6 Å². The van der Waals surface area contributed by atoms with Crippen molar-refractivity contribution in [2.75, 3.05) is 7.11 Å². The van der Waals surface area contributed by atoms with Crippen molar-refractivity contribution in [1.82, 2.24) is 10.2 Å². The minimum Gasteiger partial charge on any atom is -0.465 e. The summed E-state index contributed by atoms with van der Waals surface area (Å²) in [6, 6.07) is 0. The van der Waals surface area contributed by atoms with Crippen LogP contribution >= 0.6 is 0 Å². The van der Waals surface area contributed by atoms with Crippen molar-refractivity contribution < 1.29 is 18.3 Å². The molecule has 60 valence electrons. The number of hydrogen-bond acceptors (Lipinski definition) is 3. The van der Waals surface area contributed by atoms with Gasteiger partial charge in [-0.2, -0.15) is 8.78 Å². The fraction of sp³-hybridized carbons (Fsp3) is 0.200. The van der Waals surface area contributed by atoms with Gasteiger partial charge in [-0.25, -0.2) is 9.89 Å². The van der Waals surface area contributed by atoms with Gasteiger partial charge in [0.1, 0.15) is 0 Å². The van der Waals surface area contributed by atoms with Crippen LogP contribution in [-0.4, -0.2) is 23.3 Å². The van der Waals surface area contributed by atoms with Gasteiger partial charge in [0.25, 0.3) is 0 Å². The monoisotopic (exact) mass is 162 g/mol. The highest BCUT2D eigenvalue weighted by molar-refractivity contribution is 5.89. The average molecular weight is 162 g/mol. The Bertz CT molecular complexity index is 265. The van der Waals surface area contributed by atoms with E-state index < -0.39 is 23.4 Å². The summed E-state index contributed by atoms with van der Waals surface area (Å²) in [5.41, 5.74) is -0.799. The SMILES string of the molecule is COC(=O)c1c(F)n[nH]c1F. The first-order chi connectivity index (χ1) is 5.16. The summed E-state index contributed by atoms with van der Waals surface area (Å²) < 4.78 is 28.8. The summed E-state index contributed by atoms with van der Waals surface area (Å²) in [6.45, 7) is 0. The standard InChI is InChI=1S/C5H4F2N2O2/c1-11-5(10)2-3(6)8-9-4(2)7/h1H3,(H,8,9). The van der Waals surface area contributed by atoms with Gasteiger partial charge in [0.15, 0.2) is 5.56 Å². The van der Waals surface area contributed by atoms with E-state index >= 15 is 0 Å². The molecule has 0 aromatic carbocycles. The van der Waals surface area contributed by atoms with Crippen LogP contribution in [0.25, 0.3) is 0 Å². The number of carbonyl (C=O) groups excluding carboxylic acids is 1. The molecule has 0 aliphatic carbocycles. The van der Waals surface area contributed by atoms with Crippen LogP contribution in [0.4, 0.5) is 8.78 Å². The second kappa shape index (κ2) is 2.65. The molecule has 1 aromatic heterocycles.